The van der Waals surface area contributed by atoms with Crippen LogP contribution in [0.5, 0.6) is 0 Å². The van der Waals surface area contributed by atoms with Crippen LogP contribution in [0.4, 0.5) is 4.39 Å². The van der Waals surface area contributed by atoms with Crippen LogP contribution in [0.3, 0.4) is 0 Å². The standard InChI is InChI=1S/C17H25ClFN/c1-2-11-20-17(13-5-3-4-6-13)10-7-14-12-15(19)8-9-16(14)18/h8-9,12-13,17,20H,2-7,10-11H2,1H3. The molecule has 1 aliphatic rings. The van der Waals surface area contributed by atoms with Gasteiger partial charge in [0.25, 0.3) is 0 Å². The SMILES string of the molecule is CCCNC(CCc1cc(F)ccc1Cl)C1CCCC1. The normalized spacial score (nSPS) is 17.6. The molecular formula is C17H25ClFN. The highest BCUT2D eigenvalue weighted by atomic mass is 35.5. The van der Waals surface area contributed by atoms with Crippen molar-refractivity contribution in [1.82, 2.24) is 5.32 Å². The Hall–Kier alpha value is -0.600. The smallest absolute Gasteiger partial charge is 0.123 e. The maximum Gasteiger partial charge on any atom is 0.123 e. The number of halogens is 2. The van der Waals surface area contributed by atoms with Crippen molar-refractivity contribution in [2.45, 2.75) is 57.9 Å². The molecule has 1 N–H and O–H groups in total. The molecule has 0 bridgehead atoms. The molecule has 0 aromatic heterocycles. The molecule has 1 aliphatic carbocycles. The monoisotopic (exact) mass is 297 g/mol. The van der Waals surface area contributed by atoms with Crippen LogP contribution < -0.4 is 5.32 Å². The van der Waals surface area contributed by atoms with E-state index in [2.05, 4.69) is 12.2 Å². The van der Waals surface area contributed by atoms with Crippen LogP contribution in [0.2, 0.25) is 5.02 Å². The van der Waals surface area contributed by atoms with Gasteiger partial charge in [0.05, 0.1) is 0 Å². The third-order valence-electron chi connectivity index (χ3n) is 4.36. The largest absolute Gasteiger partial charge is 0.314 e. The molecule has 0 radical (unpaired) electrons. The zero-order chi connectivity index (χ0) is 14.4. The predicted molar refractivity (Wildman–Crippen MR) is 83.8 cm³/mol. The Labute approximate surface area is 126 Å². The van der Waals surface area contributed by atoms with Gasteiger partial charge in [-0.3, -0.25) is 0 Å². The summed E-state index contributed by atoms with van der Waals surface area (Å²) in [6.07, 6.45) is 8.44. The van der Waals surface area contributed by atoms with Crippen molar-refractivity contribution in [3.63, 3.8) is 0 Å². The van der Waals surface area contributed by atoms with Crippen LogP contribution in [-0.2, 0) is 6.42 Å². The van der Waals surface area contributed by atoms with Gasteiger partial charge in [-0.2, -0.15) is 0 Å². The predicted octanol–water partition coefficient (Wildman–Crippen LogP) is 4.97. The van der Waals surface area contributed by atoms with Crippen LogP contribution in [0.15, 0.2) is 18.2 Å². The Bertz CT molecular complexity index is 415. The van der Waals surface area contributed by atoms with Gasteiger partial charge in [-0.15, -0.1) is 0 Å². The highest BCUT2D eigenvalue weighted by molar-refractivity contribution is 6.31. The molecule has 1 saturated carbocycles. The number of hydrogen-bond acceptors (Lipinski definition) is 1. The Morgan fingerprint density at radius 3 is 2.80 bits per heavy atom. The number of rotatable bonds is 7. The molecule has 1 fully saturated rings. The molecule has 1 unspecified atom stereocenters. The van der Waals surface area contributed by atoms with Gasteiger partial charge in [0.1, 0.15) is 5.82 Å². The van der Waals surface area contributed by atoms with E-state index in [1.807, 2.05) is 0 Å². The van der Waals surface area contributed by atoms with E-state index in [0.29, 0.717) is 11.1 Å². The first-order valence-electron chi connectivity index (χ1n) is 7.88. The fraction of sp³-hybridized carbons (Fsp3) is 0.647. The molecule has 20 heavy (non-hydrogen) atoms. The van der Waals surface area contributed by atoms with Gasteiger partial charge in [-0.1, -0.05) is 31.4 Å². The fourth-order valence-electron chi connectivity index (χ4n) is 3.24. The van der Waals surface area contributed by atoms with Crippen molar-refractivity contribution in [3.8, 4) is 0 Å². The van der Waals surface area contributed by atoms with E-state index in [-0.39, 0.29) is 5.82 Å². The molecule has 2 rings (SSSR count). The van der Waals surface area contributed by atoms with Crippen molar-refractivity contribution in [2.24, 2.45) is 5.92 Å². The second-order valence-electron chi connectivity index (χ2n) is 5.88. The van der Waals surface area contributed by atoms with Crippen molar-refractivity contribution in [2.75, 3.05) is 6.54 Å². The molecule has 1 aromatic carbocycles. The van der Waals surface area contributed by atoms with Crippen molar-refractivity contribution in [3.05, 3.63) is 34.6 Å². The summed E-state index contributed by atoms with van der Waals surface area (Å²) in [6.45, 7) is 3.26. The van der Waals surface area contributed by atoms with E-state index >= 15 is 0 Å². The average molecular weight is 298 g/mol. The van der Waals surface area contributed by atoms with Gasteiger partial charge in [0.15, 0.2) is 0 Å². The van der Waals surface area contributed by atoms with Crippen LogP contribution in [0.1, 0.15) is 51.0 Å². The van der Waals surface area contributed by atoms with Crippen LogP contribution in [-0.4, -0.2) is 12.6 Å². The van der Waals surface area contributed by atoms with Gasteiger partial charge in [0, 0.05) is 11.1 Å². The topological polar surface area (TPSA) is 12.0 Å². The summed E-state index contributed by atoms with van der Waals surface area (Å²) in [6, 6.07) is 5.22. The lowest BCUT2D eigenvalue weighted by atomic mass is 9.92. The minimum atomic E-state index is -0.191. The van der Waals surface area contributed by atoms with Crippen molar-refractivity contribution >= 4 is 11.6 Å². The zero-order valence-electron chi connectivity index (χ0n) is 12.3. The molecular weight excluding hydrogens is 273 g/mol. The van der Waals surface area contributed by atoms with Gasteiger partial charge in [-0.25, -0.2) is 4.39 Å². The number of benzene rings is 1. The van der Waals surface area contributed by atoms with Crippen molar-refractivity contribution in [1.29, 1.82) is 0 Å². The zero-order valence-corrected chi connectivity index (χ0v) is 13.1. The molecule has 0 heterocycles. The van der Waals surface area contributed by atoms with Crippen LogP contribution in [0, 0.1) is 11.7 Å². The molecule has 1 nitrogen and oxygen atoms in total. The lowest BCUT2D eigenvalue weighted by Crippen LogP contribution is -2.36. The second kappa shape index (κ2) is 7.99. The van der Waals surface area contributed by atoms with E-state index in [9.17, 15) is 4.39 Å². The molecule has 0 amide bonds. The number of nitrogens with one attached hydrogen (secondary N) is 1. The molecule has 3 heteroatoms. The lowest BCUT2D eigenvalue weighted by molar-refractivity contribution is 0.340. The maximum atomic E-state index is 13.3. The summed E-state index contributed by atoms with van der Waals surface area (Å²) in [5, 5.41) is 4.37. The molecule has 0 saturated heterocycles. The summed E-state index contributed by atoms with van der Waals surface area (Å²) < 4.78 is 13.3. The Morgan fingerprint density at radius 2 is 2.10 bits per heavy atom. The first-order chi connectivity index (χ1) is 9.70. The summed E-state index contributed by atoms with van der Waals surface area (Å²) in [7, 11) is 0. The van der Waals surface area contributed by atoms with Crippen LogP contribution >= 0.6 is 11.6 Å². The summed E-state index contributed by atoms with van der Waals surface area (Å²) in [5.74, 6) is 0.595. The first-order valence-corrected chi connectivity index (χ1v) is 8.25. The highest BCUT2D eigenvalue weighted by Crippen LogP contribution is 2.30. The molecule has 0 aliphatic heterocycles. The third-order valence-corrected chi connectivity index (χ3v) is 4.73. The van der Waals surface area contributed by atoms with E-state index < -0.39 is 0 Å². The number of hydrogen-bond donors (Lipinski definition) is 1. The quantitative estimate of drug-likeness (QED) is 0.749. The highest BCUT2D eigenvalue weighted by Gasteiger charge is 2.24. The second-order valence-corrected chi connectivity index (χ2v) is 6.29. The first kappa shape index (κ1) is 15.8. The average Bonchev–Trinajstić information content (AvgIpc) is 2.96. The van der Waals surface area contributed by atoms with Crippen molar-refractivity contribution < 1.29 is 4.39 Å². The minimum absolute atomic E-state index is 0.191. The van der Waals surface area contributed by atoms with E-state index in [0.717, 1.165) is 37.3 Å². The summed E-state index contributed by atoms with van der Waals surface area (Å²) >= 11 is 6.16. The number of aryl methyl sites for hydroxylation is 1. The minimum Gasteiger partial charge on any atom is -0.314 e. The summed E-state index contributed by atoms with van der Waals surface area (Å²) in [4.78, 5) is 0. The molecule has 1 aromatic rings. The van der Waals surface area contributed by atoms with Gasteiger partial charge in [-0.05, 0) is 68.3 Å². The molecule has 112 valence electrons. The Balaban J connectivity index is 1.94. The van der Waals surface area contributed by atoms with Crippen LogP contribution in [0.25, 0.3) is 0 Å². The Kier molecular flexibility index (Phi) is 6.31. The Morgan fingerprint density at radius 1 is 1.35 bits per heavy atom. The van der Waals surface area contributed by atoms with Gasteiger partial charge < -0.3 is 5.32 Å². The molecule has 0 spiro atoms. The maximum absolute atomic E-state index is 13.3. The van der Waals surface area contributed by atoms with Gasteiger partial charge in [0.2, 0.25) is 0 Å². The lowest BCUT2D eigenvalue weighted by Gasteiger charge is -2.25. The van der Waals surface area contributed by atoms with Gasteiger partial charge >= 0.3 is 0 Å². The van der Waals surface area contributed by atoms with E-state index in [4.69, 9.17) is 11.6 Å². The fourth-order valence-corrected chi connectivity index (χ4v) is 3.45. The van der Waals surface area contributed by atoms with E-state index in [1.54, 1.807) is 12.1 Å². The third kappa shape index (κ3) is 4.46. The molecule has 1 atom stereocenters. The summed E-state index contributed by atoms with van der Waals surface area (Å²) in [5.41, 5.74) is 0.938. The van der Waals surface area contributed by atoms with E-state index in [1.165, 1.54) is 31.7 Å².